The first-order valence-corrected chi connectivity index (χ1v) is 4.56. The number of aliphatic hydroxyl groups excluding tert-OH is 3. The minimum absolute atomic E-state index is 0.243. The fraction of sp³-hybridized carbons (Fsp3) is 1.00. The maximum absolute atomic E-state index is 9.59. The molecule has 2 saturated heterocycles. The van der Waals surface area contributed by atoms with Crippen LogP contribution in [0.2, 0.25) is 0 Å². The molecule has 2 fully saturated rings. The molecule has 2 aliphatic rings. The van der Waals surface area contributed by atoms with E-state index < -0.39 is 37.0 Å². The van der Waals surface area contributed by atoms with Crippen LogP contribution < -0.4 is 0 Å². The van der Waals surface area contributed by atoms with Gasteiger partial charge in [-0.3, -0.25) is 0 Å². The van der Waals surface area contributed by atoms with Crippen LogP contribution in [-0.4, -0.2) is 58.9 Å². The molecule has 3 N–H and O–H groups in total. The van der Waals surface area contributed by atoms with Gasteiger partial charge in [-0.25, -0.2) is 0 Å². The number of ether oxygens (including phenoxy) is 3. The van der Waals surface area contributed by atoms with E-state index in [1.807, 2.05) is 0 Å². The molecule has 14 heavy (non-hydrogen) atoms. The van der Waals surface area contributed by atoms with Crippen LogP contribution in [0.15, 0.2) is 0 Å². The standard InChI is InChI=1S/C8H14O6/c1-3-12-2-4-7(13-3)5(9)6(10)8(11)14-4/h3-11H,2H2,1H3/t3?,4-,5-,6-,7?,8+/m1/s1. The van der Waals surface area contributed by atoms with E-state index in [2.05, 4.69) is 0 Å². The molecule has 2 unspecified atom stereocenters. The molecular weight excluding hydrogens is 192 g/mol. The Morgan fingerprint density at radius 1 is 1.07 bits per heavy atom. The molecule has 0 aliphatic carbocycles. The molecule has 6 heteroatoms. The van der Waals surface area contributed by atoms with Gasteiger partial charge in [0.15, 0.2) is 12.6 Å². The van der Waals surface area contributed by atoms with Crippen molar-refractivity contribution in [3.05, 3.63) is 0 Å². The van der Waals surface area contributed by atoms with Crippen molar-refractivity contribution in [1.29, 1.82) is 0 Å². The highest BCUT2D eigenvalue weighted by atomic mass is 16.7. The van der Waals surface area contributed by atoms with Gasteiger partial charge in [0, 0.05) is 0 Å². The maximum Gasteiger partial charge on any atom is 0.184 e. The van der Waals surface area contributed by atoms with Gasteiger partial charge in [-0.1, -0.05) is 0 Å². The zero-order valence-electron chi connectivity index (χ0n) is 7.74. The largest absolute Gasteiger partial charge is 0.387 e. The van der Waals surface area contributed by atoms with Crippen LogP contribution in [0.1, 0.15) is 6.92 Å². The summed E-state index contributed by atoms with van der Waals surface area (Å²) >= 11 is 0. The van der Waals surface area contributed by atoms with Crippen molar-refractivity contribution < 1.29 is 29.5 Å². The van der Waals surface area contributed by atoms with Gasteiger partial charge in [-0.2, -0.15) is 0 Å². The highest BCUT2D eigenvalue weighted by Crippen LogP contribution is 2.27. The van der Waals surface area contributed by atoms with E-state index in [1.165, 1.54) is 0 Å². The van der Waals surface area contributed by atoms with E-state index in [1.54, 1.807) is 6.92 Å². The first kappa shape index (κ1) is 10.3. The fourth-order valence-electron chi connectivity index (χ4n) is 1.71. The van der Waals surface area contributed by atoms with Crippen LogP contribution in [0.5, 0.6) is 0 Å². The Labute approximate surface area is 81.0 Å². The molecule has 0 spiro atoms. The van der Waals surface area contributed by atoms with Crippen LogP contribution in [0.25, 0.3) is 0 Å². The van der Waals surface area contributed by atoms with Gasteiger partial charge in [0.2, 0.25) is 0 Å². The predicted octanol–water partition coefficient (Wildman–Crippen LogP) is -1.81. The van der Waals surface area contributed by atoms with Crippen molar-refractivity contribution in [3.8, 4) is 0 Å². The molecule has 6 nitrogen and oxygen atoms in total. The molecule has 2 aliphatic heterocycles. The van der Waals surface area contributed by atoms with E-state index in [4.69, 9.17) is 14.2 Å². The summed E-state index contributed by atoms with van der Waals surface area (Å²) < 4.78 is 15.4. The Bertz CT molecular complexity index is 208. The minimum atomic E-state index is -1.38. The SMILES string of the molecule is CC1OC[C@H]2O[C@H](O)[C@H](O)[C@@H](O)C2O1. The van der Waals surface area contributed by atoms with Crippen molar-refractivity contribution >= 4 is 0 Å². The minimum Gasteiger partial charge on any atom is -0.387 e. The normalized spacial score (nSPS) is 54.0. The molecule has 2 rings (SSSR count). The van der Waals surface area contributed by atoms with E-state index in [0.717, 1.165) is 0 Å². The van der Waals surface area contributed by atoms with Crippen molar-refractivity contribution in [2.24, 2.45) is 0 Å². The first-order chi connectivity index (χ1) is 6.59. The Morgan fingerprint density at radius 2 is 1.79 bits per heavy atom. The second kappa shape index (κ2) is 3.73. The molecule has 0 aromatic heterocycles. The summed E-state index contributed by atoms with van der Waals surface area (Å²) in [6, 6.07) is 0. The summed E-state index contributed by atoms with van der Waals surface area (Å²) in [5, 5.41) is 28.1. The smallest absolute Gasteiger partial charge is 0.184 e. The van der Waals surface area contributed by atoms with Crippen molar-refractivity contribution in [3.63, 3.8) is 0 Å². The molecule has 0 amide bonds. The number of hydrogen-bond donors (Lipinski definition) is 3. The van der Waals surface area contributed by atoms with Gasteiger partial charge in [0.25, 0.3) is 0 Å². The lowest BCUT2D eigenvalue weighted by molar-refractivity contribution is -0.348. The summed E-state index contributed by atoms with van der Waals surface area (Å²) in [5.74, 6) is 0. The zero-order valence-corrected chi connectivity index (χ0v) is 7.74. The zero-order chi connectivity index (χ0) is 10.3. The molecule has 0 aromatic carbocycles. The van der Waals surface area contributed by atoms with E-state index in [-0.39, 0.29) is 6.61 Å². The van der Waals surface area contributed by atoms with Crippen LogP contribution in [0.3, 0.4) is 0 Å². The van der Waals surface area contributed by atoms with Crippen LogP contribution >= 0.6 is 0 Å². The average Bonchev–Trinajstić information content (AvgIpc) is 2.16. The molecule has 82 valence electrons. The first-order valence-electron chi connectivity index (χ1n) is 4.56. The molecular formula is C8H14O6. The second-order valence-corrected chi connectivity index (χ2v) is 3.55. The summed E-state index contributed by atoms with van der Waals surface area (Å²) in [7, 11) is 0. The fourth-order valence-corrected chi connectivity index (χ4v) is 1.71. The van der Waals surface area contributed by atoms with Gasteiger partial charge < -0.3 is 29.5 Å². The van der Waals surface area contributed by atoms with Gasteiger partial charge in [-0.15, -0.1) is 0 Å². The summed E-state index contributed by atoms with van der Waals surface area (Å²) in [4.78, 5) is 0. The van der Waals surface area contributed by atoms with Crippen molar-refractivity contribution in [2.45, 2.75) is 43.9 Å². The van der Waals surface area contributed by atoms with E-state index in [9.17, 15) is 15.3 Å². The molecule has 6 atom stereocenters. The van der Waals surface area contributed by atoms with Gasteiger partial charge >= 0.3 is 0 Å². The number of hydrogen-bond acceptors (Lipinski definition) is 6. The lowest BCUT2D eigenvalue weighted by Gasteiger charge is -2.44. The van der Waals surface area contributed by atoms with Crippen LogP contribution in [0, 0.1) is 0 Å². The highest BCUT2D eigenvalue weighted by molar-refractivity contribution is 4.91. The Kier molecular flexibility index (Phi) is 2.74. The Hall–Kier alpha value is -0.240. The van der Waals surface area contributed by atoms with Gasteiger partial charge in [-0.05, 0) is 6.92 Å². The third-order valence-electron chi connectivity index (χ3n) is 2.50. The summed E-state index contributed by atoms with van der Waals surface area (Å²) in [6.07, 6.45) is -5.46. The van der Waals surface area contributed by atoms with Crippen molar-refractivity contribution in [2.75, 3.05) is 6.61 Å². The quantitative estimate of drug-likeness (QED) is 0.433. The predicted molar refractivity (Wildman–Crippen MR) is 43.2 cm³/mol. The van der Waals surface area contributed by atoms with E-state index in [0.29, 0.717) is 0 Å². The Morgan fingerprint density at radius 3 is 2.50 bits per heavy atom. The number of aliphatic hydroxyl groups is 3. The lowest BCUT2D eigenvalue weighted by atomic mass is 9.98. The second-order valence-electron chi connectivity index (χ2n) is 3.55. The lowest BCUT2D eigenvalue weighted by Crippen LogP contribution is -2.62. The molecule has 0 saturated carbocycles. The molecule has 0 aromatic rings. The molecule has 0 radical (unpaired) electrons. The maximum atomic E-state index is 9.59. The topological polar surface area (TPSA) is 88.4 Å². The van der Waals surface area contributed by atoms with E-state index >= 15 is 0 Å². The third kappa shape index (κ3) is 1.65. The van der Waals surface area contributed by atoms with Crippen LogP contribution in [0.4, 0.5) is 0 Å². The molecule has 2 heterocycles. The number of rotatable bonds is 0. The van der Waals surface area contributed by atoms with Gasteiger partial charge in [0.05, 0.1) is 6.61 Å². The monoisotopic (exact) mass is 206 g/mol. The summed E-state index contributed by atoms with van der Waals surface area (Å²) in [5.41, 5.74) is 0. The summed E-state index contributed by atoms with van der Waals surface area (Å²) in [6.45, 7) is 1.94. The highest BCUT2D eigenvalue weighted by Gasteiger charge is 2.47. The van der Waals surface area contributed by atoms with Gasteiger partial charge in [0.1, 0.15) is 24.4 Å². The average molecular weight is 206 g/mol. The number of fused-ring (bicyclic) bond motifs is 1. The van der Waals surface area contributed by atoms with Crippen molar-refractivity contribution in [1.82, 2.24) is 0 Å². The Balaban J connectivity index is 2.08. The van der Waals surface area contributed by atoms with Crippen LogP contribution in [-0.2, 0) is 14.2 Å². The third-order valence-corrected chi connectivity index (χ3v) is 2.50. The molecule has 0 bridgehead atoms.